The molecule has 2 aromatic rings. The van der Waals surface area contributed by atoms with E-state index in [1.54, 1.807) is 0 Å². The fraction of sp³-hybridized carbons (Fsp3) is 0. The molecule has 0 aromatic heterocycles. The first-order chi connectivity index (χ1) is 7.70. The van der Waals surface area contributed by atoms with Crippen LogP contribution in [0.15, 0.2) is 48.5 Å². The second-order valence-corrected chi connectivity index (χ2v) is 3.94. The lowest BCUT2D eigenvalue weighted by molar-refractivity contribution is 1.57. The van der Waals surface area contributed by atoms with E-state index in [0.29, 0.717) is 10.7 Å². The second-order valence-electron chi connectivity index (χ2n) is 3.50. The highest BCUT2D eigenvalue weighted by molar-refractivity contribution is 7.80. The van der Waals surface area contributed by atoms with Crippen molar-refractivity contribution in [1.82, 2.24) is 0 Å². The predicted molar refractivity (Wildman–Crippen MR) is 72.2 cm³/mol. The molecule has 2 nitrogen and oxygen atoms in total. The Balaban J connectivity index is 2.68. The molecular formula is C13H12N2S. The Labute approximate surface area is 99.9 Å². The summed E-state index contributed by atoms with van der Waals surface area (Å²) in [5, 5.41) is 0. The van der Waals surface area contributed by atoms with Crippen molar-refractivity contribution in [2.24, 2.45) is 5.73 Å². The molecule has 16 heavy (non-hydrogen) atoms. The predicted octanol–water partition coefficient (Wildman–Crippen LogP) is 2.57. The zero-order chi connectivity index (χ0) is 11.5. The molecule has 0 heterocycles. The van der Waals surface area contributed by atoms with Gasteiger partial charge in [-0.05, 0) is 11.6 Å². The van der Waals surface area contributed by atoms with Crippen LogP contribution in [0.3, 0.4) is 0 Å². The Kier molecular flexibility index (Phi) is 2.88. The lowest BCUT2D eigenvalue weighted by atomic mass is 9.98. The van der Waals surface area contributed by atoms with Gasteiger partial charge in [-0.15, -0.1) is 0 Å². The molecule has 0 aliphatic rings. The van der Waals surface area contributed by atoms with Crippen molar-refractivity contribution >= 4 is 22.9 Å². The minimum Gasteiger partial charge on any atom is -0.398 e. The average Bonchev–Trinajstić information content (AvgIpc) is 2.29. The number of hydrogen-bond acceptors (Lipinski definition) is 2. The summed E-state index contributed by atoms with van der Waals surface area (Å²) in [7, 11) is 0. The van der Waals surface area contributed by atoms with E-state index in [-0.39, 0.29) is 0 Å². The lowest BCUT2D eigenvalue weighted by Crippen LogP contribution is -2.11. The number of hydrogen-bond donors (Lipinski definition) is 2. The van der Waals surface area contributed by atoms with Gasteiger partial charge in [0, 0.05) is 16.8 Å². The van der Waals surface area contributed by atoms with Gasteiger partial charge in [0.25, 0.3) is 0 Å². The summed E-state index contributed by atoms with van der Waals surface area (Å²) < 4.78 is 0. The Bertz CT molecular complexity index is 521. The highest BCUT2D eigenvalue weighted by atomic mass is 32.1. The molecule has 2 aromatic carbocycles. The lowest BCUT2D eigenvalue weighted by Gasteiger charge is -2.11. The normalized spacial score (nSPS) is 10.0. The molecule has 0 radical (unpaired) electrons. The van der Waals surface area contributed by atoms with Gasteiger partial charge in [0.05, 0.1) is 0 Å². The first kappa shape index (κ1) is 10.6. The molecule has 80 valence electrons. The maximum Gasteiger partial charge on any atom is 0.104 e. The maximum absolute atomic E-state index is 5.98. The van der Waals surface area contributed by atoms with E-state index in [4.69, 9.17) is 23.7 Å². The van der Waals surface area contributed by atoms with Gasteiger partial charge >= 0.3 is 0 Å². The zero-order valence-corrected chi connectivity index (χ0v) is 9.50. The van der Waals surface area contributed by atoms with E-state index in [2.05, 4.69) is 0 Å². The van der Waals surface area contributed by atoms with Crippen molar-refractivity contribution in [2.45, 2.75) is 0 Å². The summed E-state index contributed by atoms with van der Waals surface area (Å²) in [5.74, 6) is 0. The van der Waals surface area contributed by atoms with Crippen molar-refractivity contribution in [2.75, 3.05) is 5.73 Å². The van der Waals surface area contributed by atoms with E-state index < -0.39 is 0 Å². The Morgan fingerprint density at radius 2 is 1.62 bits per heavy atom. The van der Waals surface area contributed by atoms with Crippen molar-refractivity contribution in [1.29, 1.82) is 0 Å². The van der Waals surface area contributed by atoms with Crippen LogP contribution in [-0.4, -0.2) is 4.99 Å². The van der Waals surface area contributed by atoms with Crippen LogP contribution in [0.1, 0.15) is 5.56 Å². The summed E-state index contributed by atoms with van der Waals surface area (Å²) in [6.07, 6.45) is 0. The fourth-order valence-corrected chi connectivity index (χ4v) is 1.87. The zero-order valence-electron chi connectivity index (χ0n) is 8.68. The van der Waals surface area contributed by atoms with Crippen molar-refractivity contribution in [3.8, 4) is 11.1 Å². The molecule has 0 fully saturated rings. The standard InChI is InChI=1S/C13H12N2S/c14-11-8-4-7-10(13(15)16)12(11)9-5-2-1-3-6-9/h1-8H,14H2,(H2,15,16). The van der Waals surface area contributed by atoms with E-state index in [0.717, 1.165) is 16.7 Å². The van der Waals surface area contributed by atoms with Crippen molar-refractivity contribution in [3.05, 3.63) is 54.1 Å². The average molecular weight is 228 g/mol. The quantitative estimate of drug-likeness (QED) is 0.613. The van der Waals surface area contributed by atoms with E-state index in [9.17, 15) is 0 Å². The first-order valence-electron chi connectivity index (χ1n) is 4.94. The molecule has 0 spiro atoms. The Morgan fingerprint density at radius 3 is 2.25 bits per heavy atom. The van der Waals surface area contributed by atoms with Gasteiger partial charge in [-0.1, -0.05) is 54.7 Å². The highest BCUT2D eigenvalue weighted by Crippen LogP contribution is 2.29. The minimum absolute atomic E-state index is 0.367. The highest BCUT2D eigenvalue weighted by Gasteiger charge is 2.09. The summed E-state index contributed by atoms with van der Waals surface area (Å²) in [6, 6.07) is 15.5. The van der Waals surface area contributed by atoms with Gasteiger partial charge in [-0.2, -0.15) is 0 Å². The maximum atomic E-state index is 5.98. The van der Waals surface area contributed by atoms with Gasteiger partial charge in [0.15, 0.2) is 0 Å². The van der Waals surface area contributed by atoms with E-state index in [1.165, 1.54) is 0 Å². The van der Waals surface area contributed by atoms with Crippen LogP contribution in [0, 0.1) is 0 Å². The monoisotopic (exact) mass is 228 g/mol. The number of benzene rings is 2. The van der Waals surface area contributed by atoms with Gasteiger partial charge in [0.2, 0.25) is 0 Å². The SMILES string of the molecule is NC(=S)c1cccc(N)c1-c1ccccc1. The molecule has 0 saturated carbocycles. The molecule has 2 rings (SSSR count). The first-order valence-corrected chi connectivity index (χ1v) is 5.34. The number of rotatable bonds is 2. The third-order valence-electron chi connectivity index (χ3n) is 2.42. The largest absolute Gasteiger partial charge is 0.398 e. The molecule has 0 atom stereocenters. The minimum atomic E-state index is 0.367. The van der Waals surface area contributed by atoms with E-state index in [1.807, 2.05) is 48.5 Å². The van der Waals surface area contributed by atoms with Crippen LogP contribution < -0.4 is 11.5 Å². The van der Waals surface area contributed by atoms with Crippen LogP contribution in [0.4, 0.5) is 5.69 Å². The van der Waals surface area contributed by atoms with Crippen molar-refractivity contribution in [3.63, 3.8) is 0 Å². The summed E-state index contributed by atoms with van der Waals surface area (Å²) >= 11 is 5.03. The molecule has 0 aliphatic carbocycles. The molecule has 3 heteroatoms. The fourth-order valence-electron chi connectivity index (χ4n) is 1.70. The number of thiocarbonyl (C=S) groups is 1. The Hall–Kier alpha value is -1.87. The third kappa shape index (κ3) is 1.90. The smallest absolute Gasteiger partial charge is 0.104 e. The molecule has 0 amide bonds. The van der Waals surface area contributed by atoms with E-state index >= 15 is 0 Å². The number of nitrogen functional groups attached to an aromatic ring is 1. The second kappa shape index (κ2) is 4.33. The molecule has 0 saturated heterocycles. The summed E-state index contributed by atoms with van der Waals surface area (Å²) in [6.45, 7) is 0. The van der Waals surface area contributed by atoms with Gasteiger partial charge in [-0.3, -0.25) is 0 Å². The summed E-state index contributed by atoms with van der Waals surface area (Å²) in [4.78, 5) is 0.367. The molecule has 0 unspecified atom stereocenters. The molecule has 0 aliphatic heterocycles. The van der Waals surface area contributed by atoms with Gasteiger partial charge in [-0.25, -0.2) is 0 Å². The summed E-state index contributed by atoms with van der Waals surface area (Å²) in [5.41, 5.74) is 15.1. The Morgan fingerprint density at radius 1 is 0.938 bits per heavy atom. The number of anilines is 1. The van der Waals surface area contributed by atoms with Gasteiger partial charge in [0.1, 0.15) is 4.99 Å². The van der Waals surface area contributed by atoms with Crippen LogP contribution in [0.5, 0.6) is 0 Å². The van der Waals surface area contributed by atoms with Crippen LogP contribution in [0.2, 0.25) is 0 Å². The van der Waals surface area contributed by atoms with Gasteiger partial charge < -0.3 is 11.5 Å². The molecule has 4 N–H and O–H groups in total. The number of nitrogens with two attached hydrogens (primary N) is 2. The van der Waals surface area contributed by atoms with Crippen LogP contribution >= 0.6 is 12.2 Å². The van der Waals surface area contributed by atoms with Crippen LogP contribution in [-0.2, 0) is 0 Å². The topological polar surface area (TPSA) is 52.0 Å². The van der Waals surface area contributed by atoms with Crippen LogP contribution in [0.25, 0.3) is 11.1 Å². The van der Waals surface area contributed by atoms with Crippen molar-refractivity contribution < 1.29 is 0 Å². The third-order valence-corrected chi connectivity index (χ3v) is 2.64. The molecule has 0 bridgehead atoms. The molecular weight excluding hydrogens is 216 g/mol.